The normalized spacial score (nSPS) is 23.8. The van der Waals surface area contributed by atoms with Gasteiger partial charge < -0.3 is 10.2 Å². The number of thioether (sulfide) groups is 1. The van der Waals surface area contributed by atoms with Crippen LogP contribution in [-0.2, 0) is 0 Å². The van der Waals surface area contributed by atoms with E-state index in [1.807, 2.05) is 11.8 Å². The van der Waals surface area contributed by atoms with Crippen molar-refractivity contribution in [2.24, 2.45) is 4.99 Å². The highest BCUT2D eigenvalue weighted by molar-refractivity contribution is 8.13. The molecule has 0 aliphatic carbocycles. The van der Waals surface area contributed by atoms with Gasteiger partial charge in [0.1, 0.15) is 0 Å². The van der Waals surface area contributed by atoms with Gasteiger partial charge in [0.15, 0.2) is 5.17 Å². The van der Waals surface area contributed by atoms with E-state index >= 15 is 0 Å². The summed E-state index contributed by atoms with van der Waals surface area (Å²) in [5.41, 5.74) is 0. The van der Waals surface area contributed by atoms with Crippen molar-refractivity contribution in [2.75, 3.05) is 31.9 Å². The van der Waals surface area contributed by atoms with E-state index < -0.39 is 0 Å². The van der Waals surface area contributed by atoms with Crippen LogP contribution in [0.25, 0.3) is 0 Å². The molecule has 1 rings (SSSR count). The summed E-state index contributed by atoms with van der Waals surface area (Å²) in [6.45, 7) is 11.1. The van der Waals surface area contributed by atoms with E-state index in [4.69, 9.17) is 0 Å². The predicted molar refractivity (Wildman–Crippen MR) is 74.4 cm³/mol. The Kier molecular flexibility index (Phi) is 6.88. The van der Waals surface area contributed by atoms with Crippen LogP contribution >= 0.6 is 11.8 Å². The van der Waals surface area contributed by atoms with Crippen molar-refractivity contribution in [3.05, 3.63) is 0 Å². The third-order valence-electron chi connectivity index (χ3n) is 2.94. The van der Waals surface area contributed by atoms with Gasteiger partial charge in [0.05, 0.1) is 0 Å². The smallest absolute Gasteiger partial charge is 0.156 e. The van der Waals surface area contributed by atoms with Crippen LogP contribution in [0, 0.1) is 0 Å². The molecule has 1 heterocycles. The first-order chi connectivity index (χ1) is 7.76. The second kappa shape index (κ2) is 7.96. The summed E-state index contributed by atoms with van der Waals surface area (Å²) < 4.78 is 0. The fourth-order valence-corrected chi connectivity index (χ4v) is 2.89. The molecule has 0 spiro atoms. The van der Waals surface area contributed by atoms with Gasteiger partial charge in [-0.15, -0.1) is 0 Å². The van der Waals surface area contributed by atoms with Gasteiger partial charge in [-0.3, -0.25) is 4.99 Å². The summed E-state index contributed by atoms with van der Waals surface area (Å²) in [6, 6.07) is 0.600. The molecule has 0 amide bonds. The maximum atomic E-state index is 4.62. The van der Waals surface area contributed by atoms with Crippen molar-refractivity contribution in [3.8, 4) is 0 Å². The Hall–Kier alpha value is -0.220. The Morgan fingerprint density at radius 1 is 1.44 bits per heavy atom. The van der Waals surface area contributed by atoms with Gasteiger partial charge in [-0.05, 0) is 39.4 Å². The first-order valence-electron chi connectivity index (χ1n) is 6.42. The van der Waals surface area contributed by atoms with Gasteiger partial charge in [-0.25, -0.2) is 0 Å². The van der Waals surface area contributed by atoms with Gasteiger partial charge in [0.25, 0.3) is 0 Å². The second-order valence-electron chi connectivity index (χ2n) is 4.25. The predicted octanol–water partition coefficient (Wildman–Crippen LogP) is 2.19. The van der Waals surface area contributed by atoms with E-state index in [-0.39, 0.29) is 0 Å². The zero-order valence-corrected chi connectivity index (χ0v) is 11.6. The minimum atomic E-state index is 0.600. The van der Waals surface area contributed by atoms with Crippen LogP contribution in [0.1, 0.15) is 33.6 Å². The highest BCUT2D eigenvalue weighted by Crippen LogP contribution is 2.13. The topological polar surface area (TPSA) is 27.6 Å². The molecule has 1 fully saturated rings. The Bertz CT molecular complexity index is 214. The number of hydrogen-bond acceptors (Lipinski definition) is 3. The fraction of sp³-hybridized carbons (Fsp3) is 0.917. The molecule has 1 unspecified atom stereocenters. The number of nitrogens with zero attached hydrogens (tertiary/aromatic N) is 2. The lowest BCUT2D eigenvalue weighted by Crippen LogP contribution is -2.35. The third-order valence-corrected chi connectivity index (χ3v) is 3.90. The first-order valence-corrected chi connectivity index (χ1v) is 7.41. The van der Waals surface area contributed by atoms with Gasteiger partial charge in [-0.2, -0.15) is 0 Å². The average molecular weight is 243 g/mol. The van der Waals surface area contributed by atoms with Crippen molar-refractivity contribution >= 4 is 16.9 Å². The molecule has 1 aliphatic heterocycles. The van der Waals surface area contributed by atoms with Crippen LogP contribution in [0.15, 0.2) is 4.99 Å². The Morgan fingerprint density at radius 3 is 2.81 bits per heavy atom. The molecule has 1 N–H and O–H groups in total. The molecule has 0 bridgehead atoms. The largest absolute Gasteiger partial charge is 0.362 e. The minimum Gasteiger partial charge on any atom is -0.362 e. The maximum absolute atomic E-state index is 4.62. The molecule has 1 aliphatic rings. The maximum Gasteiger partial charge on any atom is 0.156 e. The molecule has 0 aromatic carbocycles. The molecule has 1 saturated heterocycles. The van der Waals surface area contributed by atoms with Gasteiger partial charge in [0.2, 0.25) is 0 Å². The zero-order chi connectivity index (χ0) is 11.8. The standard InChI is InChI=1S/C12H25N3S/c1-4-15(5-2)9-6-8-13-12-14-11(3)7-10-16-12/h11H,4-10H2,1-3H3,(H,13,14). The second-order valence-corrected chi connectivity index (χ2v) is 5.33. The average Bonchev–Trinajstić information content (AvgIpc) is 2.29. The summed E-state index contributed by atoms with van der Waals surface area (Å²) in [6.07, 6.45) is 2.42. The molecular weight excluding hydrogens is 218 g/mol. The molecule has 4 heteroatoms. The summed E-state index contributed by atoms with van der Waals surface area (Å²) in [4.78, 5) is 7.06. The van der Waals surface area contributed by atoms with Crippen molar-refractivity contribution in [1.82, 2.24) is 10.2 Å². The van der Waals surface area contributed by atoms with Crippen molar-refractivity contribution in [2.45, 2.75) is 39.7 Å². The Morgan fingerprint density at radius 2 is 2.19 bits per heavy atom. The van der Waals surface area contributed by atoms with Crippen molar-refractivity contribution in [3.63, 3.8) is 0 Å². The van der Waals surface area contributed by atoms with Crippen molar-refractivity contribution in [1.29, 1.82) is 0 Å². The monoisotopic (exact) mass is 243 g/mol. The lowest BCUT2D eigenvalue weighted by Gasteiger charge is -2.22. The number of rotatable bonds is 6. The number of aliphatic imine (C=N–C) groups is 1. The van der Waals surface area contributed by atoms with Gasteiger partial charge in [-0.1, -0.05) is 25.6 Å². The molecule has 0 radical (unpaired) electrons. The van der Waals surface area contributed by atoms with Crippen LogP contribution in [0.3, 0.4) is 0 Å². The summed E-state index contributed by atoms with van der Waals surface area (Å²) in [7, 11) is 0. The van der Waals surface area contributed by atoms with Crippen LogP contribution in [-0.4, -0.2) is 48.0 Å². The van der Waals surface area contributed by atoms with E-state index in [0.29, 0.717) is 6.04 Å². The molecule has 0 aromatic heterocycles. The van der Waals surface area contributed by atoms with E-state index in [2.05, 4.69) is 36.0 Å². The van der Waals surface area contributed by atoms with E-state index in [9.17, 15) is 0 Å². The number of hydrogen-bond donors (Lipinski definition) is 1. The van der Waals surface area contributed by atoms with Gasteiger partial charge in [0, 0.05) is 18.3 Å². The van der Waals surface area contributed by atoms with Crippen LogP contribution in [0.5, 0.6) is 0 Å². The molecule has 0 aromatic rings. The van der Waals surface area contributed by atoms with Crippen LogP contribution in [0.4, 0.5) is 0 Å². The Labute approximate surface area is 104 Å². The summed E-state index contributed by atoms with van der Waals surface area (Å²) in [5.74, 6) is 1.21. The number of nitrogens with one attached hydrogen (secondary N) is 1. The van der Waals surface area contributed by atoms with E-state index in [1.165, 1.54) is 25.1 Å². The van der Waals surface area contributed by atoms with Crippen LogP contribution < -0.4 is 5.32 Å². The SMILES string of the molecule is CCN(CC)CCCN=C1NC(C)CCS1. The quantitative estimate of drug-likeness (QED) is 0.725. The zero-order valence-electron chi connectivity index (χ0n) is 10.8. The molecule has 0 saturated carbocycles. The van der Waals surface area contributed by atoms with Crippen molar-refractivity contribution < 1.29 is 0 Å². The Balaban J connectivity index is 2.15. The molecule has 94 valence electrons. The molecule has 1 atom stereocenters. The molecular formula is C12H25N3S. The number of amidine groups is 1. The van der Waals surface area contributed by atoms with E-state index in [1.54, 1.807) is 0 Å². The molecule has 16 heavy (non-hydrogen) atoms. The summed E-state index contributed by atoms with van der Waals surface area (Å²) in [5, 5.41) is 4.58. The third kappa shape index (κ3) is 5.21. The lowest BCUT2D eigenvalue weighted by molar-refractivity contribution is 0.302. The van der Waals surface area contributed by atoms with E-state index in [0.717, 1.165) is 24.8 Å². The van der Waals surface area contributed by atoms with Crippen LogP contribution in [0.2, 0.25) is 0 Å². The lowest BCUT2D eigenvalue weighted by atomic mass is 10.3. The summed E-state index contributed by atoms with van der Waals surface area (Å²) >= 11 is 1.86. The minimum absolute atomic E-state index is 0.600. The fourth-order valence-electron chi connectivity index (χ4n) is 1.76. The highest BCUT2D eigenvalue weighted by Gasteiger charge is 2.12. The van der Waals surface area contributed by atoms with Gasteiger partial charge >= 0.3 is 0 Å². The first kappa shape index (κ1) is 13.8. The highest BCUT2D eigenvalue weighted by atomic mass is 32.2. The molecule has 3 nitrogen and oxygen atoms in total.